The second kappa shape index (κ2) is 7.45. The summed E-state index contributed by atoms with van der Waals surface area (Å²) >= 11 is 11.9. The van der Waals surface area contributed by atoms with Crippen molar-refractivity contribution in [3.05, 3.63) is 33.8 Å². The van der Waals surface area contributed by atoms with Gasteiger partial charge < -0.3 is 10.6 Å². The maximum Gasteiger partial charge on any atom is 0.0465 e. The van der Waals surface area contributed by atoms with E-state index in [1.165, 1.54) is 12.8 Å². The average Bonchev–Trinajstić information content (AvgIpc) is 2.74. The highest BCUT2D eigenvalue weighted by molar-refractivity contribution is 6.35. The third-order valence-corrected chi connectivity index (χ3v) is 3.47. The van der Waals surface area contributed by atoms with Crippen molar-refractivity contribution in [1.82, 2.24) is 10.6 Å². The summed E-state index contributed by atoms with van der Waals surface area (Å²) in [5.74, 6) is 0. The lowest BCUT2D eigenvalue weighted by atomic mass is 10.2. The summed E-state index contributed by atoms with van der Waals surface area (Å²) in [6, 6.07) is 6.25. The van der Waals surface area contributed by atoms with Gasteiger partial charge in [0.1, 0.15) is 0 Å². The second-order valence-corrected chi connectivity index (χ2v) is 5.00. The highest BCUT2D eigenvalue weighted by atomic mass is 35.5. The zero-order chi connectivity index (χ0) is 11.4. The lowest BCUT2D eigenvalue weighted by molar-refractivity contribution is 0.536. The number of benzene rings is 1. The van der Waals surface area contributed by atoms with Gasteiger partial charge in [0, 0.05) is 29.2 Å². The number of hydrogen-bond donors (Lipinski definition) is 2. The van der Waals surface area contributed by atoms with Gasteiger partial charge in [0.2, 0.25) is 0 Å². The summed E-state index contributed by atoms with van der Waals surface area (Å²) in [5, 5.41) is 8.29. The average molecular weight is 296 g/mol. The Kier molecular flexibility index (Phi) is 6.60. The van der Waals surface area contributed by atoms with Crippen LogP contribution < -0.4 is 10.6 Å². The Bertz CT molecular complexity index is 352. The molecule has 0 aromatic heterocycles. The predicted molar refractivity (Wildman–Crippen MR) is 76.4 cm³/mol. The molecule has 5 heteroatoms. The molecule has 1 fully saturated rings. The van der Waals surface area contributed by atoms with Gasteiger partial charge >= 0.3 is 0 Å². The maximum absolute atomic E-state index is 6.08. The van der Waals surface area contributed by atoms with Gasteiger partial charge in [0.15, 0.2) is 0 Å². The zero-order valence-electron chi connectivity index (χ0n) is 9.51. The van der Waals surface area contributed by atoms with E-state index >= 15 is 0 Å². The van der Waals surface area contributed by atoms with Crippen LogP contribution in [0.25, 0.3) is 0 Å². The number of nitrogens with one attached hydrogen (secondary N) is 2. The van der Waals surface area contributed by atoms with Gasteiger partial charge in [-0.05, 0) is 37.1 Å². The fourth-order valence-electron chi connectivity index (χ4n) is 1.98. The first kappa shape index (κ1) is 15.1. The summed E-state index contributed by atoms with van der Waals surface area (Å²) in [6.45, 7) is 2.95. The largest absolute Gasteiger partial charge is 0.313 e. The first-order valence-corrected chi connectivity index (χ1v) is 6.39. The summed E-state index contributed by atoms with van der Waals surface area (Å²) in [4.78, 5) is 0. The van der Waals surface area contributed by atoms with Gasteiger partial charge in [-0.1, -0.05) is 29.3 Å². The van der Waals surface area contributed by atoms with Crippen LogP contribution in [0.4, 0.5) is 0 Å². The molecular weight excluding hydrogens is 279 g/mol. The first-order chi connectivity index (χ1) is 7.75. The third-order valence-electron chi connectivity index (χ3n) is 2.88. The van der Waals surface area contributed by atoms with Gasteiger partial charge in [-0.15, -0.1) is 12.4 Å². The molecule has 96 valence electrons. The number of rotatable bonds is 4. The number of hydrogen-bond acceptors (Lipinski definition) is 2. The minimum absolute atomic E-state index is 0. The second-order valence-electron chi connectivity index (χ2n) is 4.16. The normalized spacial score (nSPS) is 19.1. The van der Waals surface area contributed by atoms with Crippen LogP contribution in [0.2, 0.25) is 10.0 Å². The van der Waals surface area contributed by atoms with Crippen LogP contribution in [0.1, 0.15) is 18.4 Å². The molecule has 1 aliphatic heterocycles. The van der Waals surface area contributed by atoms with E-state index in [0.29, 0.717) is 11.1 Å². The molecule has 0 aliphatic carbocycles. The molecule has 2 rings (SSSR count). The van der Waals surface area contributed by atoms with E-state index in [4.69, 9.17) is 23.2 Å². The fraction of sp³-hybridized carbons (Fsp3) is 0.500. The van der Waals surface area contributed by atoms with E-state index in [-0.39, 0.29) is 12.4 Å². The van der Waals surface area contributed by atoms with Crippen LogP contribution >= 0.6 is 35.6 Å². The Balaban J connectivity index is 0.00000144. The molecule has 1 aliphatic rings. The quantitative estimate of drug-likeness (QED) is 0.891. The molecule has 0 radical (unpaired) electrons. The first-order valence-electron chi connectivity index (χ1n) is 5.64. The van der Waals surface area contributed by atoms with E-state index in [1.807, 2.05) is 12.1 Å². The predicted octanol–water partition coefficient (Wildman–Crippen LogP) is 3.26. The molecule has 0 saturated carbocycles. The van der Waals surface area contributed by atoms with Crippen molar-refractivity contribution >= 4 is 35.6 Å². The van der Waals surface area contributed by atoms with E-state index in [0.717, 1.165) is 30.2 Å². The van der Waals surface area contributed by atoms with Crippen LogP contribution in [0.3, 0.4) is 0 Å². The lowest BCUT2D eigenvalue weighted by Gasteiger charge is -2.12. The number of halogens is 3. The molecular formula is C12H17Cl3N2. The molecule has 1 atom stereocenters. The van der Waals surface area contributed by atoms with Gasteiger partial charge in [-0.2, -0.15) is 0 Å². The van der Waals surface area contributed by atoms with Crippen molar-refractivity contribution in [2.75, 3.05) is 13.1 Å². The SMILES string of the molecule is Cl.Clc1ccc(CNCC2CCCN2)c(Cl)c1. The Hall–Kier alpha value is 0.01000. The van der Waals surface area contributed by atoms with Crippen LogP contribution in [-0.4, -0.2) is 19.1 Å². The van der Waals surface area contributed by atoms with Crippen LogP contribution in [0.15, 0.2) is 18.2 Å². The standard InChI is InChI=1S/C12H16Cl2N2.ClH/c13-10-4-3-9(12(14)6-10)7-15-8-11-2-1-5-16-11;/h3-4,6,11,15-16H,1-2,5,7-8H2;1H. The minimum Gasteiger partial charge on any atom is -0.313 e. The molecule has 1 aromatic rings. The molecule has 1 aromatic carbocycles. The molecule has 1 heterocycles. The highest BCUT2D eigenvalue weighted by Crippen LogP contribution is 2.20. The van der Waals surface area contributed by atoms with Crippen LogP contribution in [0.5, 0.6) is 0 Å². The van der Waals surface area contributed by atoms with Gasteiger partial charge in [-0.3, -0.25) is 0 Å². The van der Waals surface area contributed by atoms with E-state index in [1.54, 1.807) is 6.07 Å². The van der Waals surface area contributed by atoms with E-state index in [2.05, 4.69) is 10.6 Å². The fourth-order valence-corrected chi connectivity index (χ4v) is 2.45. The zero-order valence-corrected chi connectivity index (χ0v) is 11.8. The topological polar surface area (TPSA) is 24.1 Å². The Morgan fingerprint density at radius 1 is 1.35 bits per heavy atom. The molecule has 0 spiro atoms. The van der Waals surface area contributed by atoms with Crippen LogP contribution in [0, 0.1) is 0 Å². The monoisotopic (exact) mass is 294 g/mol. The van der Waals surface area contributed by atoms with Crippen molar-refractivity contribution in [3.63, 3.8) is 0 Å². The third kappa shape index (κ3) is 4.65. The highest BCUT2D eigenvalue weighted by Gasteiger charge is 2.12. The molecule has 0 bridgehead atoms. The van der Waals surface area contributed by atoms with Gasteiger partial charge in [0.25, 0.3) is 0 Å². The van der Waals surface area contributed by atoms with Crippen molar-refractivity contribution in [3.8, 4) is 0 Å². The smallest absolute Gasteiger partial charge is 0.0465 e. The van der Waals surface area contributed by atoms with Gasteiger partial charge in [0.05, 0.1) is 0 Å². The lowest BCUT2D eigenvalue weighted by Crippen LogP contribution is -2.33. The summed E-state index contributed by atoms with van der Waals surface area (Å²) in [6.07, 6.45) is 2.55. The van der Waals surface area contributed by atoms with Crippen molar-refractivity contribution in [2.45, 2.75) is 25.4 Å². The molecule has 1 unspecified atom stereocenters. The van der Waals surface area contributed by atoms with E-state index < -0.39 is 0 Å². The molecule has 0 amide bonds. The van der Waals surface area contributed by atoms with Crippen molar-refractivity contribution < 1.29 is 0 Å². The Labute approximate surface area is 118 Å². The van der Waals surface area contributed by atoms with E-state index in [9.17, 15) is 0 Å². The Morgan fingerprint density at radius 2 is 2.18 bits per heavy atom. The molecule has 2 N–H and O–H groups in total. The molecule has 17 heavy (non-hydrogen) atoms. The van der Waals surface area contributed by atoms with Crippen molar-refractivity contribution in [1.29, 1.82) is 0 Å². The molecule has 1 saturated heterocycles. The Morgan fingerprint density at radius 3 is 2.82 bits per heavy atom. The molecule has 2 nitrogen and oxygen atoms in total. The maximum atomic E-state index is 6.08. The summed E-state index contributed by atoms with van der Waals surface area (Å²) in [7, 11) is 0. The summed E-state index contributed by atoms with van der Waals surface area (Å²) < 4.78 is 0. The minimum atomic E-state index is 0. The van der Waals surface area contributed by atoms with Gasteiger partial charge in [-0.25, -0.2) is 0 Å². The van der Waals surface area contributed by atoms with Crippen LogP contribution in [-0.2, 0) is 6.54 Å². The van der Waals surface area contributed by atoms with Crippen molar-refractivity contribution in [2.24, 2.45) is 0 Å². The summed E-state index contributed by atoms with van der Waals surface area (Å²) in [5.41, 5.74) is 1.10.